The van der Waals surface area contributed by atoms with Gasteiger partial charge in [-0.2, -0.15) is 0 Å². The lowest BCUT2D eigenvalue weighted by atomic mass is 9.95. The van der Waals surface area contributed by atoms with Crippen LogP contribution in [0.3, 0.4) is 0 Å². The van der Waals surface area contributed by atoms with E-state index in [-0.39, 0.29) is 5.82 Å². The molecule has 0 radical (unpaired) electrons. The van der Waals surface area contributed by atoms with Gasteiger partial charge in [-0.25, -0.2) is 9.37 Å². The number of nitrogens with zero attached hydrogens (tertiary/aromatic N) is 3. The summed E-state index contributed by atoms with van der Waals surface area (Å²) in [5.41, 5.74) is 8.97. The van der Waals surface area contributed by atoms with E-state index in [0.29, 0.717) is 22.7 Å². The molecule has 1 aromatic heterocycles. The summed E-state index contributed by atoms with van der Waals surface area (Å²) in [7, 11) is 0. The minimum Gasteiger partial charge on any atom is -0.340 e. The molecule has 6 heteroatoms. The summed E-state index contributed by atoms with van der Waals surface area (Å²) in [4.78, 5) is 7.56. The van der Waals surface area contributed by atoms with E-state index < -0.39 is 0 Å². The summed E-state index contributed by atoms with van der Waals surface area (Å²) in [6.07, 6.45) is 0. The molecule has 0 saturated carbocycles. The number of piperazine rings is 1. The maximum atomic E-state index is 14.3. The van der Waals surface area contributed by atoms with Crippen molar-refractivity contribution < 1.29 is 4.39 Å². The molecule has 4 nitrogen and oxygen atoms in total. The first kappa shape index (κ1) is 22.9. The molecule has 1 saturated heterocycles. The van der Waals surface area contributed by atoms with Gasteiger partial charge in [0.05, 0.1) is 17.6 Å². The van der Waals surface area contributed by atoms with E-state index in [9.17, 15) is 4.39 Å². The highest BCUT2D eigenvalue weighted by molar-refractivity contribution is 6.32. The molecule has 1 N–H and O–H groups in total. The Kier molecular flexibility index (Phi) is 6.09. The molecule has 2 heterocycles. The third-order valence-electron chi connectivity index (χ3n) is 6.79. The molecule has 1 aliphatic heterocycles. The largest absolute Gasteiger partial charge is 0.340 e. The second-order valence-corrected chi connectivity index (χ2v) is 9.80. The third-order valence-corrected chi connectivity index (χ3v) is 7.00. The molecule has 0 aliphatic carbocycles. The Morgan fingerprint density at radius 1 is 0.941 bits per heavy atom. The molecular formula is C28H30ClFN4. The fourth-order valence-electron chi connectivity index (χ4n) is 5.18. The van der Waals surface area contributed by atoms with Crippen molar-refractivity contribution >= 4 is 28.6 Å². The number of aromatic nitrogens is 2. The van der Waals surface area contributed by atoms with Crippen molar-refractivity contribution in [1.82, 2.24) is 14.9 Å². The molecular weight excluding hydrogens is 447 g/mol. The molecule has 3 aromatic carbocycles. The van der Waals surface area contributed by atoms with Gasteiger partial charge >= 0.3 is 0 Å². The lowest BCUT2D eigenvalue weighted by Gasteiger charge is -2.29. The minimum absolute atomic E-state index is 0.137. The van der Waals surface area contributed by atoms with Gasteiger partial charge in [-0.05, 0) is 73.2 Å². The van der Waals surface area contributed by atoms with Crippen LogP contribution in [-0.4, -0.2) is 35.7 Å². The monoisotopic (exact) mass is 476 g/mol. The Hall–Kier alpha value is -2.89. The van der Waals surface area contributed by atoms with E-state index in [1.54, 1.807) is 0 Å². The molecule has 1 aliphatic rings. The van der Waals surface area contributed by atoms with Crippen LogP contribution in [0.2, 0.25) is 5.02 Å². The smallest absolute Gasteiger partial charge is 0.206 e. The second-order valence-electron chi connectivity index (χ2n) is 9.37. The zero-order valence-electron chi connectivity index (χ0n) is 20.2. The first-order valence-electron chi connectivity index (χ1n) is 11.8. The molecule has 0 spiro atoms. The van der Waals surface area contributed by atoms with Crippen molar-refractivity contribution in [1.29, 1.82) is 0 Å². The minimum atomic E-state index is -0.137. The first-order chi connectivity index (χ1) is 16.3. The van der Waals surface area contributed by atoms with Crippen LogP contribution >= 0.6 is 11.6 Å². The molecule has 4 aromatic rings. The summed E-state index contributed by atoms with van der Waals surface area (Å²) in [5.74, 6) is 0.799. The maximum absolute atomic E-state index is 14.3. The highest BCUT2D eigenvalue weighted by Gasteiger charge is 2.23. The van der Waals surface area contributed by atoms with Crippen LogP contribution in [0.1, 0.15) is 27.8 Å². The number of nitrogens with one attached hydrogen (secondary N) is 1. The molecule has 0 bridgehead atoms. The van der Waals surface area contributed by atoms with E-state index in [1.807, 2.05) is 38.1 Å². The number of aryl methyl sites for hydroxylation is 4. The number of imidazole rings is 1. The van der Waals surface area contributed by atoms with Crippen LogP contribution < -0.4 is 10.2 Å². The van der Waals surface area contributed by atoms with Crippen LogP contribution in [0.25, 0.3) is 22.2 Å². The Morgan fingerprint density at radius 2 is 1.59 bits per heavy atom. The molecule has 0 unspecified atom stereocenters. The van der Waals surface area contributed by atoms with Crippen LogP contribution in [0.15, 0.2) is 42.5 Å². The van der Waals surface area contributed by atoms with E-state index in [0.717, 1.165) is 54.3 Å². The van der Waals surface area contributed by atoms with Crippen molar-refractivity contribution in [3.05, 3.63) is 81.1 Å². The van der Waals surface area contributed by atoms with Gasteiger partial charge < -0.3 is 14.8 Å². The summed E-state index contributed by atoms with van der Waals surface area (Å²) < 4.78 is 16.6. The number of hydrogen-bond donors (Lipinski definition) is 1. The average Bonchev–Trinajstić information content (AvgIpc) is 3.16. The van der Waals surface area contributed by atoms with Gasteiger partial charge in [0.25, 0.3) is 0 Å². The van der Waals surface area contributed by atoms with Gasteiger partial charge in [0.2, 0.25) is 5.95 Å². The van der Waals surface area contributed by atoms with Crippen LogP contribution in [-0.2, 0) is 6.54 Å². The summed E-state index contributed by atoms with van der Waals surface area (Å²) in [6, 6.07) is 14.3. The first-order valence-corrected chi connectivity index (χ1v) is 12.2. The zero-order valence-corrected chi connectivity index (χ0v) is 20.9. The average molecular weight is 477 g/mol. The molecule has 5 rings (SSSR count). The predicted molar refractivity (Wildman–Crippen MR) is 140 cm³/mol. The third kappa shape index (κ3) is 4.08. The normalized spacial score (nSPS) is 14.2. The summed E-state index contributed by atoms with van der Waals surface area (Å²) in [5, 5.41) is 4.11. The standard InChI is InChI=1S/C28H30ClFN4/c1-17-6-5-7-18(2)25(17)23-14-22(29)15-24-27(23)32-28(33-10-8-31-9-11-33)34(24)16-21-12-19(3)26(30)20(4)13-21/h5-7,12-15,31H,8-11,16H2,1-4H3. The Labute approximate surface area is 205 Å². The SMILES string of the molecule is Cc1cc(Cn2c(N3CCNCC3)nc3c(-c4c(C)cccc4C)cc(Cl)cc32)cc(C)c1F. The lowest BCUT2D eigenvalue weighted by molar-refractivity contribution is 0.571. The summed E-state index contributed by atoms with van der Waals surface area (Å²) >= 11 is 6.71. The molecule has 0 amide bonds. The van der Waals surface area contributed by atoms with E-state index in [1.165, 1.54) is 16.7 Å². The van der Waals surface area contributed by atoms with Gasteiger partial charge in [-0.15, -0.1) is 0 Å². The number of rotatable bonds is 4. The van der Waals surface area contributed by atoms with Crippen LogP contribution in [0, 0.1) is 33.5 Å². The van der Waals surface area contributed by atoms with Crippen molar-refractivity contribution in [2.75, 3.05) is 31.1 Å². The van der Waals surface area contributed by atoms with Crippen molar-refractivity contribution in [2.24, 2.45) is 0 Å². The van der Waals surface area contributed by atoms with Crippen LogP contribution in [0.4, 0.5) is 10.3 Å². The fourth-order valence-corrected chi connectivity index (χ4v) is 5.39. The fraction of sp³-hybridized carbons (Fsp3) is 0.321. The van der Waals surface area contributed by atoms with Crippen molar-refractivity contribution in [3.8, 4) is 11.1 Å². The second kappa shape index (κ2) is 9.05. The van der Waals surface area contributed by atoms with Gasteiger partial charge in [0.15, 0.2) is 0 Å². The molecule has 0 atom stereocenters. The Bertz CT molecular complexity index is 1340. The zero-order chi connectivity index (χ0) is 24.0. The molecule has 34 heavy (non-hydrogen) atoms. The summed E-state index contributed by atoms with van der Waals surface area (Å²) in [6.45, 7) is 12.1. The van der Waals surface area contributed by atoms with Gasteiger partial charge in [-0.3, -0.25) is 0 Å². The van der Waals surface area contributed by atoms with E-state index in [2.05, 4.69) is 46.8 Å². The predicted octanol–water partition coefficient (Wildman–Crippen LogP) is 6.19. The molecule has 1 fully saturated rings. The highest BCUT2D eigenvalue weighted by Crippen LogP contribution is 2.38. The number of fused-ring (bicyclic) bond motifs is 1. The van der Waals surface area contributed by atoms with E-state index >= 15 is 0 Å². The van der Waals surface area contributed by atoms with Gasteiger partial charge in [0, 0.05) is 36.8 Å². The van der Waals surface area contributed by atoms with Crippen molar-refractivity contribution in [3.63, 3.8) is 0 Å². The van der Waals surface area contributed by atoms with Crippen LogP contribution in [0.5, 0.6) is 0 Å². The lowest BCUT2D eigenvalue weighted by Crippen LogP contribution is -2.44. The van der Waals surface area contributed by atoms with E-state index in [4.69, 9.17) is 16.6 Å². The van der Waals surface area contributed by atoms with Crippen molar-refractivity contribution in [2.45, 2.75) is 34.2 Å². The number of hydrogen-bond acceptors (Lipinski definition) is 3. The highest BCUT2D eigenvalue weighted by atomic mass is 35.5. The topological polar surface area (TPSA) is 33.1 Å². The number of benzene rings is 3. The molecule has 176 valence electrons. The Balaban J connectivity index is 1.75. The number of anilines is 1. The van der Waals surface area contributed by atoms with Gasteiger partial charge in [-0.1, -0.05) is 41.9 Å². The quantitative estimate of drug-likeness (QED) is 0.381. The maximum Gasteiger partial charge on any atom is 0.206 e. The van der Waals surface area contributed by atoms with Gasteiger partial charge in [0.1, 0.15) is 5.82 Å². The number of halogens is 2. The Morgan fingerprint density at radius 3 is 2.24 bits per heavy atom.